The van der Waals surface area contributed by atoms with Crippen LogP contribution in [0.5, 0.6) is 5.75 Å². The van der Waals surface area contributed by atoms with Gasteiger partial charge in [0.15, 0.2) is 6.61 Å². The van der Waals surface area contributed by atoms with E-state index < -0.39 is 11.6 Å². The van der Waals surface area contributed by atoms with Crippen LogP contribution in [-0.4, -0.2) is 25.0 Å². The van der Waals surface area contributed by atoms with Crippen molar-refractivity contribution in [3.05, 3.63) is 40.2 Å². The Bertz CT molecular complexity index is 911. The normalized spacial score (nSPS) is 19.3. The third-order valence-electron chi connectivity index (χ3n) is 5.32. The van der Waals surface area contributed by atoms with Crippen molar-refractivity contribution in [3.8, 4) is 5.75 Å². The van der Waals surface area contributed by atoms with E-state index in [9.17, 15) is 19.5 Å². The van der Waals surface area contributed by atoms with Gasteiger partial charge in [-0.1, -0.05) is 6.92 Å². The Morgan fingerprint density at radius 3 is 2.64 bits per heavy atom. The average Bonchev–Trinajstić information content (AvgIpc) is 2.69. The lowest BCUT2D eigenvalue weighted by molar-refractivity contribution is -0.312. The predicted molar refractivity (Wildman–Crippen MR) is 101 cm³/mol. The largest absolute Gasteiger partial charge is 0.550 e. The second-order valence-electron chi connectivity index (χ2n) is 7.23. The van der Waals surface area contributed by atoms with E-state index in [1.165, 1.54) is 6.07 Å². The van der Waals surface area contributed by atoms with Gasteiger partial charge in [-0.15, -0.1) is 0 Å². The van der Waals surface area contributed by atoms with Gasteiger partial charge < -0.3 is 24.4 Å². The smallest absolute Gasteiger partial charge is 0.336 e. The van der Waals surface area contributed by atoms with Gasteiger partial charge in [0.05, 0.1) is 0 Å². The number of rotatable bonds is 7. The molecule has 0 saturated heterocycles. The summed E-state index contributed by atoms with van der Waals surface area (Å²) in [5.74, 6) is -0.856. The number of carboxylic acid groups (broad SMARTS) is 1. The molecule has 1 amide bonds. The van der Waals surface area contributed by atoms with Crippen LogP contribution in [0.3, 0.4) is 0 Å². The van der Waals surface area contributed by atoms with E-state index in [4.69, 9.17) is 9.15 Å². The summed E-state index contributed by atoms with van der Waals surface area (Å²) in [7, 11) is 0. The molecule has 1 N–H and O–H groups in total. The first-order valence-corrected chi connectivity index (χ1v) is 9.63. The first-order valence-electron chi connectivity index (χ1n) is 9.63. The summed E-state index contributed by atoms with van der Waals surface area (Å²) in [6.45, 7) is 2.33. The summed E-state index contributed by atoms with van der Waals surface area (Å²) in [5, 5.41) is 14.5. The maximum Gasteiger partial charge on any atom is 0.336 e. The number of hydrogen-bond acceptors (Lipinski definition) is 6. The summed E-state index contributed by atoms with van der Waals surface area (Å²) in [4.78, 5) is 34.5. The molecule has 3 rings (SSSR count). The second-order valence-corrected chi connectivity index (χ2v) is 7.23. The van der Waals surface area contributed by atoms with Gasteiger partial charge in [0.2, 0.25) is 0 Å². The summed E-state index contributed by atoms with van der Waals surface area (Å²) in [5.41, 5.74) is 0.934. The van der Waals surface area contributed by atoms with Gasteiger partial charge in [-0.2, -0.15) is 0 Å². The fraction of sp³-hybridized carbons (Fsp3) is 0.476. The Balaban J connectivity index is 1.49. The van der Waals surface area contributed by atoms with Gasteiger partial charge in [0.1, 0.15) is 11.3 Å². The number of hydrogen-bond donors (Lipinski definition) is 1. The number of nitrogens with one attached hydrogen (secondary N) is 1. The lowest BCUT2D eigenvalue weighted by atomic mass is 9.82. The highest BCUT2D eigenvalue weighted by atomic mass is 16.5. The van der Waals surface area contributed by atoms with Crippen LogP contribution in [0.4, 0.5) is 0 Å². The molecule has 0 unspecified atom stereocenters. The maximum atomic E-state index is 12.0. The highest BCUT2D eigenvalue weighted by Gasteiger charge is 2.22. The van der Waals surface area contributed by atoms with E-state index in [0.29, 0.717) is 30.7 Å². The first kappa shape index (κ1) is 19.9. The van der Waals surface area contributed by atoms with E-state index in [2.05, 4.69) is 5.32 Å². The van der Waals surface area contributed by atoms with Crippen LogP contribution in [0.2, 0.25) is 0 Å². The molecular formula is C21H24NO6-. The molecule has 1 saturated carbocycles. The number of ether oxygens (including phenoxy) is 1. The summed E-state index contributed by atoms with van der Waals surface area (Å²) >= 11 is 0. The molecule has 0 bridgehead atoms. The number of aliphatic carboxylic acids is 1. The number of amides is 1. The third kappa shape index (κ3) is 4.91. The van der Waals surface area contributed by atoms with Gasteiger partial charge in [-0.3, -0.25) is 4.79 Å². The van der Waals surface area contributed by atoms with Crippen LogP contribution in [0.25, 0.3) is 11.0 Å². The topological polar surface area (TPSA) is 109 Å². The Morgan fingerprint density at radius 1 is 1.21 bits per heavy atom. The lowest BCUT2D eigenvalue weighted by Crippen LogP contribution is -2.37. The Kier molecular flexibility index (Phi) is 6.34. The first-order chi connectivity index (χ1) is 13.5. The highest BCUT2D eigenvalue weighted by molar-refractivity contribution is 5.82. The molecule has 150 valence electrons. The molecule has 0 spiro atoms. The molecular weight excluding hydrogens is 362 g/mol. The van der Waals surface area contributed by atoms with Gasteiger partial charge in [0.25, 0.3) is 5.91 Å². The molecule has 1 aliphatic carbocycles. The zero-order valence-corrected chi connectivity index (χ0v) is 15.9. The quantitative estimate of drug-likeness (QED) is 0.721. The number of benzene rings is 1. The van der Waals surface area contributed by atoms with E-state index in [1.807, 2.05) is 13.0 Å². The van der Waals surface area contributed by atoms with Crippen LogP contribution in [0.15, 0.2) is 33.5 Å². The molecule has 2 aromatic rings. The van der Waals surface area contributed by atoms with Crippen molar-refractivity contribution in [1.82, 2.24) is 5.32 Å². The second kappa shape index (κ2) is 8.91. The zero-order chi connectivity index (χ0) is 20.1. The highest BCUT2D eigenvalue weighted by Crippen LogP contribution is 2.28. The van der Waals surface area contributed by atoms with Crippen molar-refractivity contribution in [3.63, 3.8) is 0 Å². The average molecular weight is 386 g/mol. The van der Waals surface area contributed by atoms with Gasteiger partial charge in [-0.05, 0) is 61.6 Å². The Labute approximate surface area is 162 Å². The Hall–Kier alpha value is -2.83. The SMILES string of the molecule is CCc1cc(=O)oc2cc(OCC(=O)NCC3CCC(C(=O)[O-])CC3)ccc12. The fourth-order valence-electron chi connectivity index (χ4n) is 3.65. The molecule has 7 nitrogen and oxygen atoms in total. The molecule has 1 heterocycles. The standard InChI is InChI=1S/C21H25NO6/c1-2-14-9-20(24)28-18-10-16(7-8-17(14)18)27-12-19(23)22-11-13-3-5-15(6-4-13)21(25)26/h7-10,13,15H,2-6,11-12H2,1H3,(H,22,23)(H,25,26)/p-1. The van der Waals surface area contributed by atoms with Crippen molar-refractivity contribution >= 4 is 22.8 Å². The van der Waals surface area contributed by atoms with Gasteiger partial charge in [-0.25, -0.2) is 4.79 Å². The minimum atomic E-state index is -0.979. The van der Waals surface area contributed by atoms with E-state index in [0.717, 1.165) is 30.2 Å². The zero-order valence-electron chi connectivity index (χ0n) is 15.9. The van der Waals surface area contributed by atoms with Crippen molar-refractivity contribution in [2.75, 3.05) is 13.2 Å². The number of carbonyl (C=O) groups excluding carboxylic acids is 2. The maximum absolute atomic E-state index is 12.0. The van der Waals surface area contributed by atoms with Crippen molar-refractivity contribution in [2.24, 2.45) is 11.8 Å². The van der Waals surface area contributed by atoms with Crippen LogP contribution in [0.1, 0.15) is 38.2 Å². The van der Waals surface area contributed by atoms with Gasteiger partial charge in [0, 0.05) is 30.0 Å². The molecule has 7 heteroatoms. The number of aryl methyl sites for hydroxylation is 1. The summed E-state index contributed by atoms with van der Waals surface area (Å²) < 4.78 is 10.7. The van der Waals surface area contributed by atoms with E-state index >= 15 is 0 Å². The number of carbonyl (C=O) groups is 2. The minimum Gasteiger partial charge on any atom is -0.550 e. The lowest BCUT2D eigenvalue weighted by Gasteiger charge is -2.29. The minimum absolute atomic E-state index is 0.141. The number of carboxylic acids is 1. The van der Waals surface area contributed by atoms with Crippen molar-refractivity contribution in [2.45, 2.75) is 39.0 Å². The molecule has 28 heavy (non-hydrogen) atoms. The molecule has 1 aromatic carbocycles. The summed E-state index contributed by atoms with van der Waals surface area (Å²) in [6, 6.07) is 6.66. The van der Waals surface area contributed by atoms with Crippen LogP contribution in [0, 0.1) is 11.8 Å². The Morgan fingerprint density at radius 2 is 1.96 bits per heavy atom. The van der Waals surface area contributed by atoms with Crippen LogP contribution >= 0.6 is 0 Å². The third-order valence-corrected chi connectivity index (χ3v) is 5.32. The van der Waals surface area contributed by atoms with Crippen molar-refractivity contribution in [1.29, 1.82) is 0 Å². The molecule has 1 fully saturated rings. The predicted octanol–water partition coefficient (Wildman–Crippen LogP) is 1.41. The molecule has 0 atom stereocenters. The molecule has 0 radical (unpaired) electrons. The monoisotopic (exact) mass is 386 g/mol. The van der Waals surface area contributed by atoms with Crippen LogP contribution in [-0.2, 0) is 16.0 Å². The van der Waals surface area contributed by atoms with Crippen LogP contribution < -0.4 is 20.8 Å². The molecule has 1 aliphatic rings. The number of fused-ring (bicyclic) bond motifs is 1. The molecule has 1 aromatic heterocycles. The summed E-state index contributed by atoms with van der Waals surface area (Å²) in [6.07, 6.45) is 3.45. The van der Waals surface area contributed by atoms with Crippen molar-refractivity contribution < 1.29 is 23.8 Å². The molecule has 0 aliphatic heterocycles. The fourth-order valence-corrected chi connectivity index (χ4v) is 3.65. The van der Waals surface area contributed by atoms with E-state index in [1.54, 1.807) is 12.1 Å². The van der Waals surface area contributed by atoms with E-state index in [-0.39, 0.29) is 24.3 Å². The van der Waals surface area contributed by atoms with Gasteiger partial charge >= 0.3 is 5.63 Å².